The highest BCUT2D eigenvalue weighted by atomic mass is 15.1. The molecule has 1 aliphatic rings. The van der Waals surface area contributed by atoms with Gasteiger partial charge in [0, 0.05) is 0 Å². The smallest absolute Gasteiger partial charge is 0.122 e. The molecule has 46 valence electrons. The van der Waals surface area contributed by atoms with Crippen molar-refractivity contribution in [3.8, 4) is 0 Å². The summed E-state index contributed by atoms with van der Waals surface area (Å²) in [6.45, 7) is 2.64. The van der Waals surface area contributed by atoms with E-state index in [1.54, 1.807) is 0 Å². The van der Waals surface area contributed by atoms with Crippen LogP contribution in [0.25, 0.3) is 0 Å². The zero-order valence-corrected chi connectivity index (χ0v) is 5.69. The number of hydrogen-bond acceptors (Lipinski definition) is 1. The van der Waals surface area contributed by atoms with Gasteiger partial charge in [0.25, 0.3) is 0 Å². The Balaban J connectivity index is 2.17. The molecule has 0 aromatic heterocycles. The first-order valence-corrected chi connectivity index (χ1v) is 3.58. The van der Waals surface area contributed by atoms with Crippen LogP contribution in [0.4, 0.5) is 0 Å². The summed E-state index contributed by atoms with van der Waals surface area (Å²) in [6, 6.07) is 0. The van der Waals surface area contributed by atoms with Crippen LogP contribution >= 0.6 is 0 Å². The molecular weight excluding hydrogens is 96.9 g/mol. The van der Waals surface area contributed by atoms with Crippen molar-refractivity contribution in [2.24, 2.45) is 0 Å². The maximum Gasteiger partial charge on any atom is 0.122 e. The third-order valence-electron chi connectivity index (χ3n) is 1.83. The quantitative estimate of drug-likeness (QED) is 0.413. The Morgan fingerprint density at radius 2 is 2.12 bits per heavy atom. The number of rotatable bonds is 0. The third-order valence-corrected chi connectivity index (χ3v) is 1.83. The molecule has 1 fully saturated rings. The normalized spacial score (nSPS) is 24.1. The molecule has 1 saturated heterocycles. The van der Waals surface area contributed by atoms with Crippen molar-refractivity contribution in [1.29, 1.82) is 0 Å². The molecule has 1 aliphatic heterocycles. The zero-order chi connectivity index (χ0) is 5.82. The molecule has 0 amide bonds. The summed E-state index contributed by atoms with van der Waals surface area (Å²) < 4.78 is 0. The van der Waals surface area contributed by atoms with Gasteiger partial charge in [0.15, 0.2) is 0 Å². The van der Waals surface area contributed by atoms with Gasteiger partial charge in [-0.3, -0.25) is 0 Å². The van der Waals surface area contributed by atoms with E-state index in [1.807, 2.05) is 0 Å². The molecule has 2 heteroatoms. The molecule has 0 aromatic carbocycles. The highest BCUT2D eigenvalue weighted by Crippen LogP contribution is 2.01. The second-order valence-electron chi connectivity index (χ2n) is 2.72. The van der Waals surface area contributed by atoms with Gasteiger partial charge in [-0.1, -0.05) is 12.6 Å². The third kappa shape index (κ3) is 1.87. The lowest BCUT2D eigenvalue weighted by atomic mass is 9.71. The Labute approximate surface area is 52.3 Å². The summed E-state index contributed by atoms with van der Waals surface area (Å²) in [5.41, 5.74) is 0. The molecule has 0 aromatic rings. The van der Waals surface area contributed by atoms with Crippen molar-refractivity contribution in [2.45, 2.75) is 19.1 Å². The minimum absolute atomic E-state index is 1.32. The second-order valence-corrected chi connectivity index (χ2v) is 2.72. The molecule has 1 heterocycles. The van der Waals surface area contributed by atoms with Gasteiger partial charge in [0.05, 0.1) is 0 Å². The van der Waals surface area contributed by atoms with E-state index in [1.165, 1.54) is 39.4 Å². The SMILES string of the molecule is CN1CCBCCC1. The highest BCUT2D eigenvalue weighted by molar-refractivity contribution is 6.35. The van der Waals surface area contributed by atoms with E-state index < -0.39 is 0 Å². The van der Waals surface area contributed by atoms with Gasteiger partial charge < -0.3 is 4.90 Å². The van der Waals surface area contributed by atoms with Gasteiger partial charge in [0.1, 0.15) is 7.28 Å². The lowest BCUT2D eigenvalue weighted by Crippen LogP contribution is -2.18. The maximum absolute atomic E-state index is 2.42. The molecule has 0 atom stereocenters. The fourth-order valence-electron chi connectivity index (χ4n) is 1.23. The van der Waals surface area contributed by atoms with Gasteiger partial charge in [-0.15, -0.1) is 0 Å². The van der Waals surface area contributed by atoms with Crippen LogP contribution in [0.3, 0.4) is 0 Å². The average molecular weight is 111 g/mol. The Morgan fingerprint density at radius 3 is 3.00 bits per heavy atom. The monoisotopic (exact) mass is 111 g/mol. The van der Waals surface area contributed by atoms with E-state index in [-0.39, 0.29) is 0 Å². The molecule has 0 radical (unpaired) electrons. The van der Waals surface area contributed by atoms with Gasteiger partial charge in [0.2, 0.25) is 0 Å². The van der Waals surface area contributed by atoms with Gasteiger partial charge in [-0.2, -0.15) is 0 Å². The standard InChI is InChI=1S/C6H14BN/c1-8-5-2-3-7-4-6-8/h7H,2-6H2,1H3. The van der Waals surface area contributed by atoms with E-state index >= 15 is 0 Å². The van der Waals surface area contributed by atoms with E-state index in [2.05, 4.69) is 11.9 Å². The Kier molecular flexibility index (Phi) is 2.41. The van der Waals surface area contributed by atoms with Gasteiger partial charge in [-0.05, 0) is 26.6 Å². The van der Waals surface area contributed by atoms with Crippen LogP contribution in [0.5, 0.6) is 0 Å². The minimum atomic E-state index is 1.32. The second kappa shape index (κ2) is 3.13. The lowest BCUT2D eigenvalue weighted by Gasteiger charge is -2.10. The maximum atomic E-state index is 2.42. The van der Waals surface area contributed by atoms with E-state index in [0.29, 0.717) is 0 Å². The molecule has 0 unspecified atom stereocenters. The van der Waals surface area contributed by atoms with Crippen LogP contribution in [0.15, 0.2) is 0 Å². The molecule has 0 aliphatic carbocycles. The fraction of sp³-hybridized carbons (Fsp3) is 1.00. The zero-order valence-electron chi connectivity index (χ0n) is 5.69. The summed E-state index contributed by atoms with van der Waals surface area (Å²) >= 11 is 0. The van der Waals surface area contributed by atoms with E-state index in [0.717, 1.165) is 0 Å². The summed E-state index contributed by atoms with van der Waals surface area (Å²) in [4.78, 5) is 2.42. The van der Waals surface area contributed by atoms with Crippen molar-refractivity contribution in [3.63, 3.8) is 0 Å². The van der Waals surface area contributed by atoms with Crippen molar-refractivity contribution in [2.75, 3.05) is 20.1 Å². The molecular formula is C6H14BN. The number of hydrogen-bond donors (Lipinski definition) is 0. The van der Waals surface area contributed by atoms with Crippen LogP contribution < -0.4 is 0 Å². The molecule has 1 rings (SSSR count). The fourth-order valence-corrected chi connectivity index (χ4v) is 1.23. The number of nitrogens with zero attached hydrogens (tertiary/aromatic N) is 1. The minimum Gasteiger partial charge on any atom is -0.307 e. The lowest BCUT2D eigenvalue weighted by molar-refractivity contribution is 0.360. The van der Waals surface area contributed by atoms with E-state index in [9.17, 15) is 0 Å². The first-order valence-electron chi connectivity index (χ1n) is 3.58. The van der Waals surface area contributed by atoms with Crippen LogP contribution in [-0.4, -0.2) is 32.3 Å². The van der Waals surface area contributed by atoms with Crippen molar-refractivity contribution < 1.29 is 0 Å². The average Bonchev–Trinajstić information content (AvgIpc) is 1.94. The highest BCUT2D eigenvalue weighted by Gasteiger charge is 2.02. The summed E-state index contributed by atoms with van der Waals surface area (Å²) in [7, 11) is 3.66. The molecule has 8 heavy (non-hydrogen) atoms. The summed E-state index contributed by atoms with van der Waals surface area (Å²) in [6.07, 6.45) is 4.28. The topological polar surface area (TPSA) is 3.24 Å². The van der Waals surface area contributed by atoms with E-state index in [4.69, 9.17) is 0 Å². The van der Waals surface area contributed by atoms with Crippen molar-refractivity contribution >= 4 is 7.28 Å². The molecule has 0 spiro atoms. The predicted octanol–water partition coefficient (Wildman–Crippen LogP) is 0.595. The van der Waals surface area contributed by atoms with Crippen LogP contribution in [0, 0.1) is 0 Å². The van der Waals surface area contributed by atoms with Crippen LogP contribution in [0.1, 0.15) is 6.42 Å². The van der Waals surface area contributed by atoms with Gasteiger partial charge >= 0.3 is 0 Å². The molecule has 0 N–H and O–H groups in total. The summed E-state index contributed by atoms with van der Waals surface area (Å²) in [5.74, 6) is 0. The Bertz CT molecular complexity index is 57.5. The Morgan fingerprint density at radius 1 is 1.25 bits per heavy atom. The van der Waals surface area contributed by atoms with Crippen molar-refractivity contribution in [3.05, 3.63) is 0 Å². The first kappa shape index (κ1) is 6.15. The van der Waals surface area contributed by atoms with Gasteiger partial charge in [-0.25, -0.2) is 0 Å². The molecule has 0 bridgehead atoms. The van der Waals surface area contributed by atoms with Crippen LogP contribution in [0.2, 0.25) is 12.6 Å². The first-order chi connectivity index (χ1) is 3.89. The largest absolute Gasteiger partial charge is 0.307 e. The Hall–Kier alpha value is 0.0249. The molecule has 1 nitrogen and oxygen atoms in total. The summed E-state index contributed by atoms with van der Waals surface area (Å²) in [5, 5.41) is 0. The van der Waals surface area contributed by atoms with Crippen molar-refractivity contribution in [1.82, 2.24) is 4.90 Å². The predicted molar refractivity (Wildman–Crippen MR) is 38.9 cm³/mol. The van der Waals surface area contributed by atoms with Crippen LogP contribution in [-0.2, 0) is 0 Å². The molecule has 0 saturated carbocycles.